The highest BCUT2D eigenvalue weighted by Gasteiger charge is 2.07. The molecule has 14 heavy (non-hydrogen) atoms. The Hall–Kier alpha value is -1.02. The number of nitrogens with one attached hydrogen (secondary N) is 1. The molecule has 0 aliphatic carbocycles. The van der Waals surface area contributed by atoms with Crippen molar-refractivity contribution < 1.29 is 4.79 Å². The van der Waals surface area contributed by atoms with Gasteiger partial charge >= 0.3 is 0 Å². The Kier molecular flexibility index (Phi) is 3.53. The van der Waals surface area contributed by atoms with Gasteiger partial charge in [0.05, 0.1) is 0 Å². The Morgan fingerprint density at radius 2 is 2.07 bits per heavy atom. The first-order valence-corrected chi connectivity index (χ1v) is 4.95. The lowest BCUT2D eigenvalue weighted by Gasteiger charge is -2.13. The maximum Gasteiger partial charge on any atom is 0.221 e. The quantitative estimate of drug-likeness (QED) is 0.798. The minimum Gasteiger partial charge on any atom is -0.326 e. The number of amides is 1. The Morgan fingerprint density at radius 1 is 1.43 bits per heavy atom. The van der Waals surface area contributed by atoms with E-state index in [1.165, 1.54) is 6.92 Å². The zero-order valence-electron chi connectivity index (χ0n) is 8.60. The van der Waals surface area contributed by atoms with Crippen LogP contribution in [-0.4, -0.2) is 5.91 Å². The summed E-state index contributed by atoms with van der Waals surface area (Å²) in [6, 6.07) is 5.55. The zero-order chi connectivity index (χ0) is 10.7. The van der Waals surface area contributed by atoms with Gasteiger partial charge in [-0.05, 0) is 23.6 Å². The van der Waals surface area contributed by atoms with E-state index in [4.69, 9.17) is 11.6 Å². The number of benzene rings is 1. The molecule has 0 bridgehead atoms. The molecule has 0 spiro atoms. The molecule has 3 heteroatoms. The fourth-order valence-electron chi connectivity index (χ4n) is 1.33. The van der Waals surface area contributed by atoms with Crippen molar-refractivity contribution in [1.82, 2.24) is 0 Å². The van der Waals surface area contributed by atoms with Crippen molar-refractivity contribution in [2.45, 2.75) is 26.7 Å². The smallest absolute Gasteiger partial charge is 0.221 e. The number of halogens is 1. The first-order chi connectivity index (χ1) is 6.50. The molecule has 1 N–H and O–H groups in total. The van der Waals surface area contributed by atoms with Gasteiger partial charge in [-0.1, -0.05) is 31.5 Å². The molecule has 0 atom stereocenters. The van der Waals surface area contributed by atoms with Crippen molar-refractivity contribution in [2.75, 3.05) is 5.32 Å². The first kappa shape index (κ1) is 11.1. The fraction of sp³-hybridized carbons (Fsp3) is 0.364. The van der Waals surface area contributed by atoms with Gasteiger partial charge in [0.15, 0.2) is 0 Å². The van der Waals surface area contributed by atoms with E-state index in [9.17, 15) is 4.79 Å². The van der Waals surface area contributed by atoms with Crippen LogP contribution in [0, 0.1) is 0 Å². The number of carbonyl (C=O) groups is 1. The molecule has 0 aliphatic rings. The summed E-state index contributed by atoms with van der Waals surface area (Å²) in [5.41, 5.74) is 1.91. The normalized spacial score (nSPS) is 10.4. The molecule has 0 saturated heterocycles. The van der Waals surface area contributed by atoms with Gasteiger partial charge in [0, 0.05) is 17.6 Å². The van der Waals surface area contributed by atoms with E-state index in [0.717, 1.165) is 11.3 Å². The summed E-state index contributed by atoms with van der Waals surface area (Å²) in [5.74, 6) is 0.295. The maximum absolute atomic E-state index is 10.9. The molecular formula is C11H14ClNO. The average Bonchev–Trinajstić information content (AvgIpc) is 2.01. The maximum atomic E-state index is 10.9. The summed E-state index contributed by atoms with van der Waals surface area (Å²) in [7, 11) is 0. The van der Waals surface area contributed by atoms with E-state index in [0.29, 0.717) is 10.9 Å². The van der Waals surface area contributed by atoms with Gasteiger partial charge in [0.25, 0.3) is 0 Å². The highest BCUT2D eigenvalue weighted by Crippen LogP contribution is 2.27. The molecule has 0 fully saturated rings. The van der Waals surface area contributed by atoms with Crippen molar-refractivity contribution in [3.05, 3.63) is 28.8 Å². The minimum atomic E-state index is -0.0748. The summed E-state index contributed by atoms with van der Waals surface area (Å²) in [6.07, 6.45) is 0. The molecule has 0 aliphatic heterocycles. The van der Waals surface area contributed by atoms with Crippen molar-refractivity contribution in [2.24, 2.45) is 0 Å². The molecule has 1 amide bonds. The number of carbonyl (C=O) groups excluding carboxylic acids is 1. The van der Waals surface area contributed by atoms with Crippen LogP contribution < -0.4 is 5.32 Å². The van der Waals surface area contributed by atoms with E-state index in [1.54, 1.807) is 6.07 Å². The molecule has 0 heterocycles. The van der Waals surface area contributed by atoms with E-state index < -0.39 is 0 Å². The molecule has 1 aromatic carbocycles. The summed E-state index contributed by atoms with van der Waals surface area (Å²) >= 11 is 5.85. The van der Waals surface area contributed by atoms with E-state index in [2.05, 4.69) is 19.2 Å². The average molecular weight is 212 g/mol. The summed E-state index contributed by atoms with van der Waals surface area (Å²) in [4.78, 5) is 10.9. The topological polar surface area (TPSA) is 29.1 Å². The molecule has 0 radical (unpaired) electrons. The largest absolute Gasteiger partial charge is 0.326 e. The molecule has 2 nitrogen and oxygen atoms in total. The second-order valence-electron chi connectivity index (χ2n) is 3.57. The number of hydrogen-bond donors (Lipinski definition) is 1. The summed E-state index contributed by atoms with van der Waals surface area (Å²) in [6.45, 7) is 5.65. The second kappa shape index (κ2) is 4.47. The van der Waals surface area contributed by atoms with Gasteiger partial charge in [-0.15, -0.1) is 0 Å². The van der Waals surface area contributed by atoms with Crippen molar-refractivity contribution >= 4 is 23.2 Å². The van der Waals surface area contributed by atoms with Gasteiger partial charge in [-0.25, -0.2) is 0 Å². The van der Waals surface area contributed by atoms with Crippen LogP contribution in [0.5, 0.6) is 0 Å². The standard InChI is InChI=1S/C11H14ClNO/c1-7(2)10-5-4-9(12)6-11(10)13-8(3)14/h4-7H,1-3H3,(H,13,14). The lowest BCUT2D eigenvalue weighted by atomic mass is 10.0. The zero-order valence-corrected chi connectivity index (χ0v) is 9.35. The second-order valence-corrected chi connectivity index (χ2v) is 4.00. The highest BCUT2D eigenvalue weighted by molar-refractivity contribution is 6.31. The van der Waals surface area contributed by atoms with Crippen LogP contribution in [0.2, 0.25) is 5.02 Å². The van der Waals surface area contributed by atoms with Crippen LogP contribution in [0.4, 0.5) is 5.69 Å². The van der Waals surface area contributed by atoms with Crippen LogP contribution in [0.1, 0.15) is 32.3 Å². The lowest BCUT2D eigenvalue weighted by Crippen LogP contribution is -2.08. The molecule has 76 valence electrons. The Bertz CT molecular complexity index is 347. The van der Waals surface area contributed by atoms with Gasteiger partial charge in [-0.2, -0.15) is 0 Å². The van der Waals surface area contributed by atoms with E-state index in [1.807, 2.05) is 12.1 Å². The summed E-state index contributed by atoms with van der Waals surface area (Å²) in [5, 5.41) is 3.41. The van der Waals surface area contributed by atoms with Crippen LogP contribution in [0.3, 0.4) is 0 Å². The van der Waals surface area contributed by atoms with Crippen molar-refractivity contribution in [3.63, 3.8) is 0 Å². The Morgan fingerprint density at radius 3 is 2.57 bits per heavy atom. The highest BCUT2D eigenvalue weighted by atomic mass is 35.5. The van der Waals surface area contributed by atoms with Crippen LogP contribution >= 0.6 is 11.6 Å². The molecule has 1 aromatic rings. The summed E-state index contributed by atoms with van der Waals surface area (Å²) < 4.78 is 0. The molecule has 1 rings (SSSR count). The SMILES string of the molecule is CC(=O)Nc1cc(Cl)ccc1C(C)C. The third-order valence-electron chi connectivity index (χ3n) is 1.95. The fourth-order valence-corrected chi connectivity index (χ4v) is 1.50. The minimum absolute atomic E-state index is 0.0748. The van der Waals surface area contributed by atoms with Crippen LogP contribution in [0.25, 0.3) is 0 Å². The van der Waals surface area contributed by atoms with Crippen LogP contribution in [-0.2, 0) is 4.79 Å². The number of anilines is 1. The molecule has 0 unspecified atom stereocenters. The Labute approximate surface area is 89.3 Å². The van der Waals surface area contributed by atoms with E-state index in [-0.39, 0.29) is 5.91 Å². The molecule has 0 aromatic heterocycles. The van der Waals surface area contributed by atoms with Crippen molar-refractivity contribution in [3.8, 4) is 0 Å². The van der Waals surface area contributed by atoms with E-state index >= 15 is 0 Å². The molecular weight excluding hydrogens is 198 g/mol. The predicted molar refractivity (Wildman–Crippen MR) is 59.8 cm³/mol. The van der Waals surface area contributed by atoms with Crippen LogP contribution in [0.15, 0.2) is 18.2 Å². The van der Waals surface area contributed by atoms with Crippen molar-refractivity contribution in [1.29, 1.82) is 0 Å². The first-order valence-electron chi connectivity index (χ1n) is 4.57. The Balaban J connectivity index is 3.09. The van der Waals surface area contributed by atoms with Gasteiger partial charge in [0.2, 0.25) is 5.91 Å². The van der Waals surface area contributed by atoms with Gasteiger partial charge < -0.3 is 5.32 Å². The van der Waals surface area contributed by atoms with Gasteiger partial charge in [-0.3, -0.25) is 4.79 Å². The van der Waals surface area contributed by atoms with Gasteiger partial charge in [0.1, 0.15) is 0 Å². The third-order valence-corrected chi connectivity index (χ3v) is 2.18. The predicted octanol–water partition coefficient (Wildman–Crippen LogP) is 3.42. The molecule has 0 saturated carbocycles. The number of rotatable bonds is 2. The third kappa shape index (κ3) is 2.74. The number of hydrogen-bond acceptors (Lipinski definition) is 1. The monoisotopic (exact) mass is 211 g/mol. The lowest BCUT2D eigenvalue weighted by molar-refractivity contribution is -0.114.